The van der Waals surface area contributed by atoms with Crippen molar-refractivity contribution in [2.24, 2.45) is 0 Å². The first-order valence-corrected chi connectivity index (χ1v) is 13.7. The molecule has 0 radical (unpaired) electrons. The topological polar surface area (TPSA) is 131 Å². The molecular weight excluding hydrogens is 524 g/mol. The fourth-order valence-corrected chi connectivity index (χ4v) is 5.85. The van der Waals surface area contributed by atoms with E-state index in [0.717, 1.165) is 28.1 Å². The molecule has 2 aliphatic rings. The van der Waals surface area contributed by atoms with Crippen LogP contribution in [-0.4, -0.2) is 67.6 Å². The maximum absolute atomic E-state index is 13.5. The van der Waals surface area contributed by atoms with E-state index in [1.54, 1.807) is 29.8 Å². The van der Waals surface area contributed by atoms with Gasteiger partial charge in [0.1, 0.15) is 6.33 Å². The van der Waals surface area contributed by atoms with Crippen LogP contribution >= 0.6 is 0 Å². The van der Waals surface area contributed by atoms with E-state index in [-0.39, 0.29) is 35.9 Å². The lowest BCUT2D eigenvalue weighted by atomic mass is 9.93. The third kappa shape index (κ3) is 5.15. The monoisotopic (exact) mass is 556 g/mol. The number of aromatic hydroxyl groups is 1. The summed E-state index contributed by atoms with van der Waals surface area (Å²) in [5.74, 6) is 1.58. The lowest BCUT2D eigenvalue weighted by Gasteiger charge is -2.21. The first-order valence-electron chi connectivity index (χ1n) is 13.7. The highest BCUT2D eigenvalue weighted by Crippen LogP contribution is 2.40. The second-order valence-corrected chi connectivity index (χ2v) is 10.6. The average Bonchev–Trinajstić information content (AvgIpc) is 3.60. The van der Waals surface area contributed by atoms with Gasteiger partial charge in [-0.2, -0.15) is 10.1 Å². The predicted octanol–water partition coefficient (Wildman–Crippen LogP) is 3.24. The van der Waals surface area contributed by atoms with Gasteiger partial charge in [-0.25, -0.2) is 9.50 Å². The molecule has 1 saturated heterocycles. The molecule has 2 aromatic carbocycles. The van der Waals surface area contributed by atoms with Crippen LogP contribution in [0.25, 0.3) is 5.78 Å². The molecule has 4 aromatic rings. The minimum atomic E-state index is -0.262. The Bertz CT molecular complexity index is 1650. The lowest BCUT2D eigenvalue weighted by Crippen LogP contribution is -2.40. The van der Waals surface area contributed by atoms with Gasteiger partial charge in [-0.15, -0.1) is 0 Å². The number of benzene rings is 2. The Morgan fingerprint density at radius 2 is 2.00 bits per heavy atom. The molecule has 11 heteroatoms. The molecule has 6 rings (SSSR count). The zero-order valence-corrected chi connectivity index (χ0v) is 23.3. The number of aromatic nitrogens is 4. The summed E-state index contributed by atoms with van der Waals surface area (Å²) in [7, 11) is 1.56. The number of likely N-dealkylation sites (tertiary alicyclic amines) is 1. The van der Waals surface area contributed by atoms with Crippen LogP contribution in [0.3, 0.4) is 0 Å². The third-order valence-corrected chi connectivity index (χ3v) is 8.10. The van der Waals surface area contributed by atoms with E-state index in [0.29, 0.717) is 55.4 Å². The second kappa shape index (κ2) is 10.7. The normalized spacial score (nSPS) is 18.5. The van der Waals surface area contributed by atoms with Gasteiger partial charge in [0.15, 0.2) is 23.0 Å². The zero-order valence-electron chi connectivity index (χ0n) is 23.3. The SMILES string of the molecule is COc1ccc2cc1Oc1cc(ccc1O)CCC(=O)N[C@@H]1CN(C(=O)CCc3c(C)nc4ncnn4c3C)C[C@@H]21. The van der Waals surface area contributed by atoms with Gasteiger partial charge >= 0.3 is 0 Å². The van der Waals surface area contributed by atoms with Crippen LogP contribution in [0.2, 0.25) is 0 Å². The van der Waals surface area contributed by atoms with Crippen LogP contribution in [-0.2, 0) is 22.4 Å². The third-order valence-electron chi connectivity index (χ3n) is 8.10. The molecule has 2 aliphatic heterocycles. The summed E-state index contributed by atoms with van der Waals surface area (Å²) in [5.41, 5.74) is 4.51. The second-order valence-electron chi connectivity index (χ2n) is 10.6. The van der Waals surface area contributed by atoms with E-state index >= 15 is 0 Å². The molecule has 0 spiro atoms. The van der Waals surface area contributed by atoms with Gasteiger partial charge < -0.3 is 24.8 Å². The van der Waals surface area contributed by atoms with Crippen LogP contribution in [0, 0.1) is 13.8 Å². The molecule has 0 aliphatic carbocycles. The molecule has 0 unspecified atom stereocenters. The van der Waals surface area contributed by atoms with Crippen molar-refractivity contribution in [1.82, 2.24) is 29.8 Å². The molecular formula is C30H32N6O5. The smallest absolute Gasteiger partial charge is 0.252 e. The van der Waals surface area contributed by atoms with Crippen molar-refractivity contribution in [1.29, 1.82) is 0 Å². The predicted molar refractivity (Wildman–Crippen MR) is 149 cm³/mol. The number of methoxy groups -OCH3 is 1. The largest absolute Gasteiger partial charge is 0.504 e. The number of fused-ring (bicyclic) bond motifs is 7. The van der Waals surface area contributed by atoms with Crippen molar-refractivity contribution < 1.29 is 24.2 Å². The first-order chi connectivity index (χ1) is 19.8. The quantitative estimate of drug-likeness (QED) is 0.392. The van der Waals surface area contributed by atoms with Gasteiger partial charge in [-0.05, 0) is 67.6 Å². The van der Waals surface area contributed by atoms with E-state index in [1.165, 1.54) is 6.33 Å². The maximum atomic E-state index is 13.5. The minimum Gasteiger partial charge on any atom is -0.504 e. The number of nitrogens with zero attached hydrogens (tertiary/aromatic N) is 5. The first kappa shape index (κ1) is 26.5. The molecule has 2 atom stereocenters. The molecule has 2 amide bonds. The van der Waals surface area contributed by atoms with E-state index in [1.807, 2.05) is 36.9 Å². The van der Waals surface area contributed by atoms with Crippen LogP contribution in [0.15, 0.2) is 42.7 Å². The number of carbonyl (C=O) groups excluding carboxylic acids is 2. The van der Waals surface area contributed by atoms with Gasteiger partial charge in [0.05, 0.1) is 13.2 Å². The Kier molecular flexibility index (Phi) is 6.94. The van der Waals surface area contributed by atoms with Crippen molar-refractivity contribution in [3.63, 3.8) is 0 Å². The zero-order chi connectivity index (χ0) is 28.7. The number of rotatable bonds is 4. The number of aryl methyl sites for hydroxylation is 3. The summed E-state index contributed by atoms with van der Waals surface area (Å²) in [4.78, 5) is 37.0. The molecule has 2 N–H and O–H groups in total. The standard InChI is InChI=1S/C30H32N6O5/c1-17-21(18(2)36-30(33-17)31-16-32-36)7-11-29(39)35-14-22-20-6-9-25(40-3)27(13-20)41-26-12-19(4-8-24(26)37)5-10-28(38)34-23(22)15-35/h4,6,8-9,12-13,16,22-23,37H,5,7,10-11,14-15H2,1-3H3,(H,34,38)/t22-,23+/m0/s1. The van der Waals surface area contributed by atoms with Crippen molar-refractivity contribution in [2.45, 2.75) is 51.5 Å². The van der Waals surface area contributed by atoms with Crippen LogP contribution in [0.1, 0.15) is 46.8 Å². The summed E-state index contributed by atoms with van der Waals surface area (Å²) in [6.07, 6.45) is 3.07. The number of ether oxygens (including phenoxy) is 2. The Balaban J connectivity index is 1.26. The maximum Gasteiger partial charge on any atom is 0.252 e. The van der Waals surface area contributed by atoms with Crippen LogP contribution < -0.4 is 14.8 Å². The van der Waals surface area contributed by atoms with Gasteiger partial charge in [0.2, 0.25) is 11.8 Å². The average molecular weight is 557 g/mol. The summed E-state index contributed by atoms with van der Waals surface area (Å²) in [6, 6.07) is 10.4. The summed E-state index contributed by atoms with van der Waals surface area (Å²) in [6.45, 7) is 4.74. The number of carbonyl (C=O) groups is 2. The van der Waals surface area contributed by atoms with E-state index < -0.39 is 0 Å². The summed E-state index contributed by atoms with van der Waals surface area (Å²) >= 11 is 0. The number of hydrogen-bond acceptors (Lipinski definition) is 8. The number of amides is 2. The highest BCUT2D eigenvalue weighted by atomic mass is 16.5. The van der Waals surface area contributed by atoms with Crippen LogP contribution in [0.5, 0.6) is 23.0 Å². The van der Waals surface area contributed by atoms with Gasteiger partial charge in [0, 0.05) is 43.2 Å². The number of phenolic OH excluding ortho intramolecular Hbond substituents is 1. The van der Waals surface area contributed by atoms with Crippen molar-refractivity contribution in [3.05, 3.63) is 70.8 Å². The van der Waals surface area contributed by atoms with E-state index in [9.17, 15) is 14.7 Å². The van der Waals surface area contributed by atoms with Gasteiger partial charge in [-0.1, -0.05) is 12.1 Å². The van der Waals surface area contributed by atoms with Gasteiger partial charge in [-0.3, -0.25) is 9.59 Å². The highest BCUT2D eigenvalue weighted by Gasteiger charge is 2.37. The molecule has 1 fully saturated rings. The number of nitrogens with one attached hydrogen (secondary N) is 1. The molecule has 11 nitrogen and oxygen atoms in total. The summed E-state index contributed by atoms with van der Waals surface area (Å²) in [5, 5.41) is 17.9. The van der Waals surface area contributed by atoms with E-state index in [4.69, 9.17) is 9.47 Å². The Morgan fingerprint density at radius 3 is 2.83 bits per heavy atom. The fraction of sp³-hybridized carbons (Fsp3) is 0.367. The summed E-state index contributed by atoms with van der Waals surface area (Å²) < 4.78 is 13.4. The fourth-order valence-electron chi connectivity index (χ4n) is 5.85. The number of phenols is 1. The highest BCUT2D eigenvalue weighted by molar-refractivity contribution is 5.79. The molecule has 41 heavy (non-hydrogen) atoms. The Hall–Kier alpha value is -4.67. The Labute approximate surface area is 237 Å². The van der Waals surface area contributed by atoms with Crippen LogP contribution in [0.4, 0.5) is 0 Å². The minimum absolute atomic E-state index is 0.000290. The van der Waals surface area contributed by atoms with Crippen molar-refractivity contribution in [3.8, 4) is 23.0 Å². The Morgan fingerprint density at radius 1 is 1.15 bits per heavy atom. The molecule has 212 valence electrons. The molecule has 4 bridgehead atoms. The number of hydrogen-bond donors (Lipinski definition) is 2. The molecule has 2 aromatic heterocycles. The van der Waals surface area contributed by atoms with Crippen molar-refractivity contribution >= 4 is 17.6 Å². The molecule has 4 heterocycles. The van der Waals surface area contributed by atoms with E-state index in [2.05, 4.69) is 20.4 Å². The van der Waals surface area contributed by atoms with Crippen molar-refractivity contribution in [2.75, 3.05) is 20.2 Å². The lowest BCUT2D eigenvalue weighted by molar-refractivity contribution is -0.130. The van der Waals surface area contributed by atoms with Gasteiger partial charge in [0.25, 0.3) is 5.78 Å². The molecule has 0 saturated carbocycles.